The summed E-state index contributed by atoms with van der Waals surface area (Å²) in [5.41, 5.74) is 8.22. The summed E-state index contributed by atoms with van der Waals surface area (Å²) in [5.74, 6) is 1.67. The highest BCUT2D eigenvalue weighted by molar-refractivity contribution is 5.07. The van der Waals surface area contributed by atoms with Gasteiger partial charge in [-0.15, -0.1) is 0 Å². The van der Waals surface area contributed by atoms with Crippen LogP contribution in [0.5, 0.6) is 0 Å². The van der Waals surface area contributed by atoms with Gasteiger partial charge >= 0.3 is 0 Å². The summed E-state index contributed by atoms with van der Waals surface area (Å²) >= 11 is 0. The number of likely N-dealkylation sites (N-methyl/N-ethyl adjacent to an activating group) is 1. The summed E-state index contributed by atoms with van der Waals surface area (Å²) in [4.78, 5) is 7.41. The summed E-state index contributed by atoms with van der Waals surface area (Å²) in [7, 11) is 2.14. The lowest BCUT2D eigenvalue weighted by Gasteiger charge is -2.31. The second-order valence-electron chi connectivity index (χ2n) is 4.34. The van der Waals surface area contributed by atoms with Crippen LogP contribution in [-0.4, -0.2) is 43.0 Å². The van der Waals surface area contributed by atoms with Crippen LogP contribution >= 0.6 is 0 Å². The van der Waals surface area contributed by atoms with E-state index in [1.807, 2.05) is 12.1 Å². The molecule has 0 atom stereocenters. The molecule has 2 heterocycles. The summed E-state index contributed by atoms with van der Waals surface area (Å²) < 4.78 is 5.60. The Kier molecular flexibility index (Phi) is 4.03. The van der Waals surface area contributed by atoms with Gasteiger partial charge < -0.3 is 9.32 Å². The number of piperazine rings is 1. The highest BCUT2D eigenvalue weighted by Crippen LogP contribution is 2.12. The van der Waals surface area contributed by atoms with Gasteiger partial charge in [-0.25, -0.2) is 0 Å². The topological polar surface area (TPSA) is 68.4 Å². The smallest absolute Gasteiger partial charge is 0.118 e. The maximum absolute atomic E-state index is 8.22. The van der Waals surface area contributed by atoms with E-state index in [1.165, 1.54) is 0 Å². The summed E-state index contributed by atoms with van der Waals surface area (Å²) in [6.07, 6.45) is 0. The lowest BCUT2D eigenvalue weighted by Crippen LogP contribution is -2.43. The van der Waals surface area contributed by atoms with Gasteiger partial charge in [0.2, 0.25) is 0 Å². The van der Waals surface area contributed by atoms with E-state index in [2.05, 4.69) is 26.9 Å². The largest absolute Gasteiger partial charge is 0.465 e. The third-order valence-electron chi connectivity index (χ3n) is 2.98. The second kappa shape index (κ2) is 5.72. The number of hydrogen-bond donors (Lipinski definition) is 0. The van der Waals surface area contributed by atoms with Crippen LogP contribution in [0.25, 0.3) is 10.4 Å². The Hall–Kier alpha value is -1.49. The minimum Gasteiger partial charge on any atom is -0.465 e. The molecule has 0 radical (unpaired) electrons. The van der Waals surface area contributed by atoms with Crippen molar-refractivity contribution in [1.29, 1.82) is 0 Å². The summed E-state index contributed by atoms with van der Waals surface area (Å²) in [6, 6.07) is 3.83. The quantitative estimate of drug-likeness (QED) is 0.454. The van der Waals surface area contributed by atoms with E-state index < -0.39 is 0 Å². The number of hydrogen-bond acceptors (Lipinski definition) is 4. The molecule has 1 saturated heterocycles. The molecular weight excluding hydrogens is 218 g/mol. The molecule has 1 aliphatic rings. The van der Waals surface area contributed by atoms with Crippen molar-refractivity contribution in [1.82, 2.24) is 9.80 Å². The van der Waals surface area contributed by atoms with Crippen molar-refractivity contribution in [3.05, 3.63) is 34.1 Å². The molecule has 2 rings (SSSR count). The first kappa shape index (κ1) is 12.0. The molecule has 0 aliphatic carbocycles. The van der Waals surface area contributed by atoms with Gasteiger partial charge in [0.25, 0.3) is 0 Å². The van der Waals surface area contributed by atoms with Crippen LogP contribution in [0.4, 0.5) is 0 Å². The number of nitrogens with zero attached hydrogens (tertiary/aromatic N) is 5. The van der Waals surface area contributed by atoms with Gasteiger partial charge in [-0.2, -0.15) is 0 Å². The van der Waals surface area contributed by atoms with E-state index in [-0.39, 0.29) is 0 Å². The van der Waals surface area contributed by atoms with Gasteiger partial charge in [0.1, 0.15) is 11.5 Å². The fraction of sp³-hybridized carbons (Fsp3) is 0.636. The third kappa shape index (κ3) is 3.49. The second-order valence-corrected chi connectivity index (χ2v) is 4.34. The van der Waals surface area contributed by atoms with E-state index in [4.69, 9.17) is 9.95 Å². The maximum Gasteiger partial charge on any atom is 0.118 e. The fourth-order valence-electron chi connectivity index (χ4n) is 1.92. The van der Waals surface area contributed by atoms with Crippen LogP contribution in [-0.2, 0) is 13.1 Å². The summed E-state index contributed by atoms with van der Waals surface area (Å²) in [5, 5.41) is 3.48. The maximum atomic E-state index is 8.22. The highest BCUT2D eigenvalue weighted by Gasteiger charge is 2.15. The number of furan rings is 1. The first-order chi connectivity index (χ1) is 8.28. The van der Waals surface area contributed by atoms with Gasteiger partial charge in [-0.1, -0.05) is 5.11 Å². The number of rotatable bonds is 4. The molecule has 1 fully saturated rings. The average molecular weight is 235 g/mol. The minimum atomic E-state index is 0.291. The molecule has 0 spiro atoms. The van der Waals surface area contributed by atoms with Crippen molar-refractivity contribution in [3.63, 3.8) is 0 Å². The van der Waals surface area contributed by atoms with Crippen LogP contribution in [0.3, 0.4) is 0 Å². The predicted octanol–water partition coefficient (Wildman–Crippen LogP) is 1.84. The molecule has 0 saturated carbocycles. The Morgan fingerprint density at radius 1 is 1.29 bits per heavy atom. The third-order valence-corrected chi connectivity index (χ3v) is 2.98. The van der Waals surface area contributed by atoms with Crippen molar-refractivity contribution in [3.8, 4) is 0 Å². The SMILES string of the molecule is CN1CCN(Cc2ccc(CN=[N+]=[N-])o2)CC1. The Morgan fingerprint density at radius 2 is 2.00 bits per heavy atom. The van der Waals surface area contributed by atoms with Crippen molar-refractivity contribution in [2.24, 2.45) is 5.11 Å². The molecule has 1 aromatic heterocycles. The van der Waals surface area contributed by atoms with Crippen LogP contribution < -0.4 is 0 Å². The molecule has 17 heavy (non-hydrogen) atoms. The van der Waals surface area contributed by atoms with Gasteiger partial charge in [-0.3, -0.25) is 4.90 Å². The Balaban J connectivity index is 1.86. The molecular formula is C11H17N5O. The van der Waals surface area contributed by atoms with E-state index in [9.17, 15) is 0 Å². The molecule has 0 amide bonds. The van der Waals surface area contributed by atoms with E-state index in [1.54, 1.807) is 0 Å². The van der Waals surface area contributed by atoms with Crippen LogP contribution in [0.2, 0.25) is 0 Å². The Morgan fingerprint density at radius 3 is 2.71 bits per heavy atom. The molecule has 0 bridgehead atoms. The van der Waals surface area contributed by atoms with Gasteiger partial charge in [0.15, 0.2) is 0 Å². The zero-order valence-corrected chi connectivity index (χ0v) is 10.0. The fourth-order valence-corrected chi connectivity index (χ4v) is 1.92. The van der Waals surface area contributed by atoms with Gasteiger partial charge in [0.05, 0.1) is 13.1 Å². The van der Waals surface area contributed by atoms with E-state index in [0.717, 1.165) is 44.2 Å². The molecule has 0 aromatic carbocycles. The first-order valence-corrected chi connectivity index (χ1v) is 5.77. The average Bonchev–Trinajstić information content (AvgIpc) is 2.77. The van der Waals surface area contributed by atoms with Crippen molar-refractivity contribution >= 4 is 0 Å². The zero-order chi connectivity index (χ0) is 12.1. The Bertz CT molecular complexity index is 402. The zero-order valence-electron chi connectivity index (χ0n) is 10.0. The number of azide groups is 1. The van der Waals surface area contributed by atoms with Crippen LogP contribution in [0.15, 0.2) is 21.7 Å². The molecule has 1 aliphatic heterocycles. The predicted molar refractivity (Wildman–Crippen MR) is 64.3 cm³/mol. The Labute approximate surface area is 100 Å². The molecule has 6 nitrogen and oxygen atoms in total. The van der Waals surface area contributed by atoms with Gasteiger partial charge in [0, 0.05) is 31.1 Å². The normalized spacial score (nSPS) is 17.9. The van der Waals surface area contributed by atoms with E-state index in [0.29, 0.717) is 6.54 Å². The van der Waals surface area contributed by atoms with Crippen molar-refractivity contribution in [2.45, 2.75) is 13.1 Å². The monoisotopic (exact) mass is 235 g/mol. The molecule has 6 heteroatoms. The molecule has 92 valence electrons. The van der Waals surface area contributed by atoms with Crippen LogP contribution in [0, 0.1) is 0 Å². The summed E-state index contributed by atoms with van der Waals surface area (Å²) in [6.45, 7) is 5.48. The lowest BCUT2D eigenvalue weighted by molar-refractivity contribution is 0.139. The highest BCUT2D eigenvalue weighted by atomic mass is 16.3. The molecule has 0 N–H and O–H groups in total. The molecule has 0 unspecified atom stereocenters. The van der Waals surface area contributed by atoms with E-state index >= 15 is 0 Å². The van der Waals surface area contributed by atoms with Crippen LogP contribution in [0.1, 0.15) is 11.5 Å². The minimum absolute atomic E-state index is 0.291. The van der Waals surface area contributed by atoms with Gasteiger partial charge in [-0.05, 0) is 24.7 Å². The van der Waals surface area contributed by atoms with Crippen molar-refractivity contribution < 1.29 is 4.42 Å². The lowest BCUT2D eigenvalue weighted by atomic mass is 10.3. The standard InChI is InChI=1S/C11H17N5O/c1-15-4-6-16(7-5-15)9-11-3-2-10(17-11)8-13-14-12/h2-3H,4-9H2,1H3. The van der Waals surface area contributed by atoms with Crippen molar-refractivity contribution in [2.75, 3.05) is 33.2 Å². The molecule has 1 aromatic rings. The first-order valence-electron chi connectivity index (χ1n) is 5.77.